The number of hydrogen-bond acceptors (Lipinski definition) is 5. The van der Waals surface area contributed by atoms with Crippen molar-refractivity contribution in [1.29, 1.82) is 0 Å². The summed E-state index contributed by atoms with van der Waals surface area (Å²) in [6, 6.07) is 14.5. The Bertz CT molecular complexity index is 1140. The second-order valence-corrected chi connectivity index (χ2v) is 7.14. The first-order chi connectivity index (χ1) is 14.6. The van der Waals surface area contributed by atoms with Crippen LogP contribution in [0, 0.1) is 0 Å². The van der Waals surface area contributed by atoms with Crippen molar-refractivity contribution in [3.8, 4) is 0 Å². The molecule has 5 rings (SSSR count). The molecule has 3 aromatic rings. The fourth-order valence-electron chi connectivity index (χ4n) is 4.07. The highest BCUT2D eigenvalue weighted by atomic mass is 16.2. The summed E-state index contributed by atoms with van der Waals surface area (Å²) in [6.07, 6.45) is 1.44. The predicted molar refractivity (Wildman–Crippen MR) is 108 cm³/mol. The zero-order valence-corrected chi connectivity index (χ0v) is 15.9. The number of nitrogens with zero attached hydrogens (tertiary/aromatic N) is 4. The number of aromatic nitrogens is 3. The van der Waals surface area contributed by atoms with Crippen LogP contribution in [0.3, 0.4) is 0 Å². The number of fused-ring (bicyclic) bond motifs is 5. The third-order valence-corrected chi connectivity index (χ3v) is 5.36. The van der Waals surface area contributed by atoms with E-state index in [0.717, 1.165) is 5.56 Å². The van der Waals surface area contributed by atoms with Crippen LogP contribution in [0.1, 0.15) is 45.3 Å². The minimum atomic E-state index is -0.506. The third kappa shape index (κ3) is 2.83. The molecular weight excluding hydrogens is 384 g/mol. The Hall–Kier alpha value is -4.01. The van der Waals surface area contributed by atoms with E-state index < -0.39 is 6.17 Å². The van der Waals surface area contributed by atoms with E-state index in [0.29, 0.717) is 29.8 Å². The van der Waals surface area contributed by atoms with Crippen LogP contribution in [-0.4, -0.2) is 44.3 Å². The summed E-state index contributed by atoms with van der Waals surface area (Å²) >= 11 is 0. The number of rotatable bonds is 5. The number of carbonyl (C=O) groups excluding carboxylic acids is 3. The predicted octanol–water partition coefficient (Wildman–Crippen LogP) is 2.34. The van der Waals surface area contributed by atoms with Gasteiger partial charge < -0.3 is 4.90 Å². The Labute approximate surface area is 171 Å². The smallest absolute Gasteiger partial charge is 0.260 e. The number of nitrogens with one attached hydrogen (secondary N) is 2. The van der Waals surface area contributed by atoms with Crippen molar-refractivity contribution < 1.29 is 14.4 Å². The number of hydrogen-bond donors (Lipinski definition) is 2. The highest BCUT2D eigenvalue weighted by molar-refractivity contribution is 6.16. The highest BCUT2D eigenvalue weighted by Gasteiger charge is 2.47. The lowest BCUT2D eigenvalue weighted by Crippen LogP contribution is -2.48. The molecule has 3 heterocycles. The zero-order chi connectivity index (χ0) is 20.7. The van der Waals surface area contributed by atoms with Crippen molar-refractivity contribution in [2.45, 2.75) is 19.0 Å². The number of H-pyrrole nitrogens is 1. The summed E-state index contributed by atoms with van der Waals surface area (Å²) in [5.74, 6) is -0.212. The minimum absolute atomic E-state index is 0.122. The van der Waals surface area contributed by atoms with E-state index in [-0.39, 0.29) is 30.1 Å². The third-order valence-electron chi connectivity index (χ3n) is 5.36. The number of benzene rings is 2. The van der Waals surface area contributed by atoms with Crippen molar-refractivity contribution in [3.05, 3.63) is 71.5 Å². The van der Waals surface area contributed by atoms with Crippen LogP contribution in [0.5, 0.6) is 0 Å². The van der Waals surface area contributed by atoms with Gasteiger partial charge in [-0.2, -0.15) is 10.1 Å². The zero-order valence-electron chi connectivity index (χ0n) is 15.9. The molecule has 1 unspecified atom stereocenters. The second-order valence-electron chi connectivity index (χ2n) is 7.14. The molecule has 0 spiro atoms. The van der Waals surface area contributed by atoms with Gasteiger partial charge in [-0.3, -0.25) is 24.6 Å². The van der Waals surface area contributed by atoms with E-state index in [9.17, 15) is 14.4 Å². The SMILES string of the molecule is O=C(CCCN1C(=O)c2ccccc2N2C(=O)c3ccccc3C12)Nc1ncn[nH]1. The van der Waals surface area contributed by atoms with Gasteiger partial charge in [0.1, 0.15) is 12.5 Å². The summed E-state index contributed by atoms with van der Waals surface area (Å²) in [4.78, 5) is 45.7. The van der Waals surface area contributed by atoms with Crippen LogP contribution in [0.2, 0.25) is 0 Å². The first-order valence-electron chi connectivity index (χ1n) is 9.63. The van der Waals surface area contributed by atoms with Gasteiger partial charge in [0.2, 0.25) is 11.9 Å². The van der Waals surface area contributed by atoms with Gasteiger partial charge in [-0.05, 0) is 24.6 Å². The molecule has 2 aliphatic heterocycles. The topological polar surface area (TPSA) is 111 Å². The first kappa shape index (κ1) is 18.0. The minimum Gasteiger partial charge on any atom is -0.313 e. The molecule has 1 atom stereocenters. The summed E-state index contributed by atoms with van der Waals surface area (Å²) in [5.41, 5.74) is 2.51. The van der Waals surface area contributed by atoms with Crippen molar-refractivity contribution >= 4 is 29.4 Å². The Kier molecular flexibility index (Phi) is 4.27. The van der Waals surface area contributed by atoms with E-state index in [1.807, 2.05) is 24.3 Å². The summed E-state index contributed by atoms with van der Waals surface area (Å²) in [5, 5.41) is 8.87. The lowest BCUT2D eigenvalue weighted by molar-refractivity contribution is -0.116. The standard InChI is InChI=1S/C21H18N6O3/c28-17(24-21-22-12-23-25-21)10-5-11-26-18-13-6-1-2-7-14(13)20(30)27(18)16-9-4-3-8-15(16)19(26)29/h1-4,6-9,12,18H,5,10-11H2,(H2,22,23,24,25,28). The Morgan fingerprint density at radius 1 is 1.03 bits per heavy atom. The molecular formula is C21H18N6O3. The molecule has 2 aromatic carbocycles. The molecule has 0 saturated heterocycles. The average molecular weight is 402 g/mol. The molecule has 3 amide bonds. The van der Waals surface area contributed by atoms with E-state index >= 15 is 0 Å². The van der Waals surface area contributed by atoms with E-state index in [2.05, 4.69) is 20.5 Å². The van der Waals surface area contributed by atoms with Crippen LogP contribution in [-0.2, 0) is 4.79 Å². The Morgan fingerprint density at radius 3 is 2.60 bits per heavy atom. The normalized spacial score (nSPS) is 16.9. The Morgan fingerprint density at radius 2 is 1.80 bits per heavy atom. The fraction of sp³-hybridized carbons (Fsp3) is 0.190. The molecule has 2 aliphatic rings. The fourth-order valence-corrected chi connectivity index (χ4v) is 4.07. The molecule has 9 nitrogen and oxygen atoms in total. The quantitative estimate of drug-likeness (QED) is 0.680. The van der Waals surface area contributed by atoms with Gasteiger partial charge in [0.05, 0.1) is 11.3 Å². The van der Waals surface area contributed by atoms with Crippen LogP contribution >= 0.6 is 0 Å². The molecule has 150 valence electrons. The van der Waals surface area contributed by atoms with Gasteiger partial charge in [0.15, 0.2) is 0 Å². The van der Waals surface area contributed by atoms with Gasteiger partial charge >= 0.3 is 0 Å². The maximum atomic E-state index is 13.3. The van der Waals surface area contributed by atoms with Crippen LogP contribution in [0.25, 0.3) is 0 Å². The molecule has 2 N–H and O–H groups in total. The van der Waals surface area contributed by atoms with Crippen LogP contribution in [0.15, 0.2) is 54.9 Å². The summed E-state index contributed by atoms with van der Waals surface area (Å²) in [7, 11) is 0. The lowest BCUT2D eigenvalue weighted by atomic mass is 10.0. The first-order valence-corrected chi connectivity index (χ1v) is 9.63. The molecule has 0 aliphatic carbocycles. The number of amides is 3. The molecule has 0 bridgehead atoms. The molecule has 0 saturated carbocycles. The summed E-state index contributed by atoms with van der Waals surface area (Å²) in [6.45, 7) is 0.333. The second kappa shape index (κ2) is 7.11. The van der Waals surface area contributed by atoms with Crippen LogP contribution < -0.4 is 10.2 Å². The van der Waals surface area contributed by atoms with E-state index in [4.69, 9.17) is 0 Å². The van der Waals surface area contributed by atoms with E-state index in [1.165, 1.54) is 6.33 Å². The maximum absolute atomic E-state index is 13.3. The monoisotopic (exact) mass is 402 g/mol. The van der Waals surface area contributed by atoms with Crippen LogP contribution in [0.4, 0.5) is 11.6 Å². The molecule has 0 radical (unpaired) electrons. The number of anilines is 2. The van der Waals surface area contributed by atoms with Gasteiger partial charge in [-0.1, -0.05) is 30.3 Å². The van der Waals surface area contributed by atoms with Crippen molar-refractivity contribution in [3.63, 3.8) is 0 Å². The van der Waals surface area contributed by atoms with Gasteiger partial charge in [0, 0.05) is 24.1 Å². The molecule has 0 fully saturated rings. The average Bonchev–Trinajstić information content (AvgIpc) is 3.37. The van der Waals surface area contributed by atoms with Gasteiger partial charge in [-0.25, -0.2) is 5.10 Å². The molecule has 30 heavy (non-hydrogen) atoms. The summed E-state index contributed by atoms with van der Waals surface area (Å²) < 4.78 is 0. The lowest BCUT2D eigenvalue weighted by Gasteiger charge is -2.41. The van der Waals surface area contributed by atoms with Gasteiger partial charge in [0.25, 0.3) is 11.8 Å². The number of para-hydroxylation sites is 1. The van der Waals surface area contributed by atoms with Crippen molar-refractivity contribution in [1.82, 2.24) is 20.1 Å². The number of carbonyl (C=O) groups is 3. The van der Waals surface area contributed by atoms with E-state index in [1.54, 1.807) is 34.1 Å². The number of aromatic amines is 1. The molecule has 1 aromatic heterocycles. The molecule has 9 heteroatoms. The van der Waals surface area contributed by atoms with Gasteiger partial charge in [-0.15, -0.1) is 0 Å². The largest absolute Gasteiger partial charge is 0.313 e. The van der Waals surface area contributed by atoms with Crippen molar-refractivity contribution in [2.24, 2.45) is 0 Å². The van der Waals surface area contributed by atoms with Crippen molar-refractivity contribution in [2.75, 3.05) is 16.8 Å². The maximum Gasteiger partial charge on any atom is 0.260 e. The highest BCUT2D eigenvalue weighted by Crippen LogP contribution is 2.45. The Balaban J connectivity index is 1.41.